The maximum atomic E-state index is 12.3. The summed E-state index contributed by atoms with van der Waals surface area (Å²) >= 11 is 1.49. The highest BCUT2D eigenvalue weighted by atomic mass is 32.1. The minimum Gasteiger partial charge on any atom is -0.516 e. The van der Waals surface area contributed by atoms with E-state index in [1.807, 2.05) is 37.3 Å². The lowest BCUT2D eigenvalue weighted by molar-refractivity contribution is 0.478. The molecule has 86 valence electrons. The van der Waals surface area contributed by atoms with Gasteiger partial charge >= 0.3 is 0 Å². The third-order valence-electron chi connectivity index (χ3n) is 2.42. The Hall–Kier alpha value is -1.87. The second-order valence-corrected chi connectivity index (χ2v) is 4.60. The fourth-order valence-corrected chi connectivity index (χ4v) is 2.74. The van der Waals surface area contributed by atoms with Crippen LogP contribution in [0.4, 0.5) is 0 Å². The minimum atomic E-state index is 0.00514. The third kappa shape index (κ3) is 2.15. The molecule has 2 rings (SSSR count). The van der Waals surface area contributed by atoms with Gasteiger partial charge in [-0.2, -0.15) is 0 Å². The summed E-state index contributed by atoms with van der Waals surface area (Å²) in [5.41, 5.74) is 0.632. The Balaban J connectivity index is 2.88. The van der Waals surface area contributed by atoms with E-state index in [-0.39, 0.29) is 5.43 Å². The van der Waals surface area contributed by atoms with Crippen LogP contribution in [0, 0.1) is 0 Å². The molecule has 0 unspecified atom stereocenters. The summed E-state index contributed by atoms with van der Waals surface area (Å²) in [6, 6.07) is 7.50. The lowest BCUT2D eigenvalue weighted by atomic mass is 10.1. The fourth-order valence-electron chi connectivity index (χ4n) is 1.69. The lowest BCUT2D eigenvalue weighted by Crippen LogP contribution is -2.06. The number of hydrogen-bond donors (Lipinski definition) is 1. The average Bonchev–Trinajstić information content (AvgIpc) is 2.34. The summed E-state index contributed by atoms with van der Waals surface area (Å²) in [5.74, 6) is 0. The molecule has 0 radical (unpaired) electrons. The Bertz CT molecular complexity index is 651. The lowest BCUT2D eigenvalue weighted by Gasteiger charge is -2.02. The molecular weight excluding hydrogens is 232 g/mol. The largest absolute Gasteiger partial charge is 0.516 e. The second-order valence-electron chi connectivity index (χ2n) is 3.52. The molecule has 0 saturated heterocycles. The molecule has 3 heteroatoms. The molecule has 2 nitrogen and oxygen atoms in total. The van der Waals surface area contributed by atoms with Gasteiger partial charge in [0.1, 0.15) is 0 Å². The van der Waals surface area contributed by atoms with Crippen molar-refractivity contribution in [2.45, 2.75) is 6.92 Å². The molecule has 0 bridgehead atoms. The van der Waals surface area contributed by atoms with Crippen molar-refractivity contribution in [3.8, 4) is 0 Å². The first-order chi connectivity index (χ1) is 8.27. The van der Waals surface area contributed by atoms with Gasteiger partial charge in [0, 0.05) is 20.5 Å². The molecule has 1 aromatic carbocycles. The summed E-state index contributed by atoms with van der Waals surface area (Å²) in [6.07, 6.45) is 6.12. The number of benzene rings is 1. The van der Waals surface area contributed by atoms with E-state index in [1.54, 1.807) is 12.2 Å². The average molecular weight is 244 g/mol. The van der Waals surface area contributed by atoms with Gasteiger partial charge < -0.3 is 5.11 Å². The Morgan fingerprint density at radius 2 is 2.00 bits per heavy atom. The maximum absolute atomic E-state index is 12.3. The van der Waals surface area contributed by atoms with Gasteiger partial charge in [0.25, 0.3) is 0 Å². The molecule has 0 aliphatic carbocycles. The molecule has 0 aliphatic rings. The van der Waals surface area contributed by atoms with Gasteiger partial charge in [-0.05, 0) is 25.1 Å². The molecule has 1 aromatic heterocycles. The standard InChI is InChI=1S/C14H12O2S/c1-2-5-10-13(8-9-15)17-12-7-4-3-6-11(12)14(10)16/h2-9,15H,1H3/b5-2-,9-8?. The van der Waals surface area contributed by atoms with Gasteiger partial charge in [-0.1, -0.05) is 24.3 Å². The molecule has 0 amide bonds. The molecule has 1 N–H and O–H groups in total. The van der Waals surface area contributed by atoms with E-state index >= 15 is 0 Å². The quantitative estimate of drug-likeness (QED) is 0.815. The van der Waals surface area contributed by atoms with E-state index in [1.165, 1.54) is 11.3 Å². The third-order valence-corrected chi connectivity index (χ3v) is 3.57. The maximum Gasteiger partial charge on any atom is 0.195 e. The van der Waals surface area contributed by atoms with Crippen molar-refractivity contribution in [3.05, 3.63) is 57.3 Å². The van der Waals surface area contributed by atoms with Crippen LogP contribution in [0.2, 0.25) is 0 Å². The van der Waals surface area contributed by atoms with Gasteiger partial charge in [0.2, 0.25) is 0 Å². The first-order valence-corrected chi connectivity index (χ1v) is 6.09. The molecule has 0 aliphatic heterocycles. The summed E-state index contributed by atoms with van der Waals surface area (Å²) in [6.45, 7) is 1.87. The topological polar surface area (TPSA) is 37.3 Å². The number of fused-ring (bicyclic) bond motifs is 1. The summed E-state index contributed by atoms with van der Waals surface area (Å²) < 4.78 is 0.929. The highest BCUT2D eigenvalue weighted by Gasteiger charge is 2.07. The van der Waals surface area contributed by atoms with E-state index in [0.717, 1.165) is 21.2 Å². The molecule has 1 heterocycles. The summed E-state index contributed by atoms with van der Waals surface area (Å²) in [5, 5.41) is 9.60. The SMILES string of the molecule is C/C=C\c1c(C=CO)sc2ccccc2c1=O. The number of aliphatic hydroxyl groups is 1. The van der Waals surface area contributed by atoms with Crippen LogP contribution in [0.1, 0.15) is 17.4 Å². The van der Waals surface area contributed by atoms with Crippen molar-refractivity contribution in [1.29, 1.82) is 0 Å². The van der Waals surface area contributed by atoms with Crippen LogP contribution in [-0.2, 0) is 0 Å². The predicted molar refractivity (Wildman–Crippen MR) is 74.5 cm³/mol. The van der Waals surface area contributed by atoms with Crippen molar-refractivity contribution >= 4 is 33.6 Å². The number of allylic oxidation sites excluding steroid dienone is 1. The molecule has 17 heavy (non-hydrogen) atoms. The highest BCUT2D eigenvalue weighted by Crippen LogP contribution is 2.23. The summed E-state index contributed by atoms with van der Waals surface area (Å²) in [7, 11) is 0. The van der Waals surface area contributed by atoms with Crippen LogP contribution in [0.3, 0.4) is 0 Å². The molecule has 2 aromatic rings. The molecule has 0 saturated carbocycles. The Kier molecular flexibility index (Phi) is 3.40. The van der Waals surface area contributed by atoms with Crippen LogP contribution in [-0.4, -0.2) is 5.11 Å². The Morgan fingerprint density at radius 3 is 2.71 bits per heavy atom. The van der Waals surface area contributed by atoms with Gasteiger partial charge in [0.05, 0.1) is 6.26 Å². The predicted octanol–water partition coefficient (Wildman–Crippen LogP) is 3.82. The second kappa shape index (κ2) is 4.97. The zero-order chi connectivity index (χ0) is 12.3. The van der Waals surface area contributed by atoms with E-state index < -0.39 is 0 Å². The van der Waals surface area contributed by atoms with E-state index in [2.05, 4.69) is 0 Å². The van der Waals surface area contributed by atoms with E-state index in [9.17, 15) is 4.79 Å². The van der Waals surface area contributed by atoms with Crippen LogP contribution in [0.15, 0.2) is 41.4 Å². The van der Waals surface area contributed by atoms with Gasteiger partial charge in [-0.3, -0.25) is 4.79 Å². The minimum absolute atomic E-state index is 0.00514. The molecule has 0 spiro atoms. The van der Waals surface area contributed by atoms with Crippen LogP contribution < -0.4 is 5.43 Å². The van der Waals surface area contributed by atoms with Crippen LogP contribution in [0.5, 0.6) is 0 Å². The zero-order valence-electron chi connectivity index (χ0n) is 9.38. The summed E-state index contributed by atoms with van der Waals surface area (Å²) in [4.78, 5) is 13.0. The first-order valence-electron chi connectivity index (χ1n) is 5.27. The van der Waals surface area contributed by atoms with Crippen molar-refractivity contribution in [1.82, 2.24) is 0 Å². The zero-order valence-corrected chi connectivity index (χ0v) is 10.2. The number of rotatable bonds is 2. The van der Waals surface area contributed by atoms with E-state index in [0.29, 0.717) is 5.56 Å². The Morgan fingerprint density at radius 1 is 1.24 bits per heavy atom. The van der Waals surface area contributed by atoms with Crippen molar-refractivity contribution in [2.75, 3.05) is 0 Å². The molecular formula is C14H12O2S. The highest BCUT2D eigenvalue weighted by molar-refractivity contribution is 7.19. The van der Waals surface area contributed by atoms with E-state index in [4.69, 9.17) is 5.11 Å². The van der Waals surface area contributed by atoms with Gasteiger partial charge in [-0.25, -0.2) is 0 Å². The van der Waals surface area contributed by atoms with Gasteiger partial charge in [-0.15, -0.1) is 11.3 Å². The van der Waals surface area contributed by atoms with Crippen molar-refractivity contribution in [2.24, 2.45) is 0 Å². The Labute approximate surface area is 103 Å². The number of aliphatic hydroxyl groups excluding tert-OH is 1. The smallest absolute Gasteiger partial charge is 0.195 e. The van der Waals surface area contributed by atoms with Crippen molar-refractivity contribution in [3.63, 3.8) is 0 Å². The van der Waals surface area contributed by atoms with Crippen LogP contribution in [0.25, 0.3) is 22.2 Å². The van der Waals surface area contributed by atoms with Crippen LogP contribution >= 0.6 is 11.3 Å². The molecule has 0 fully saturated rings. The first kappa shape index (κ1) is 11.6. The van der Waals surface area contributed by atoms with Crippen molar-refractivity contribution < 1.29 is 5.11 Å². The molecule has 0 atom stereocenters. The number of hydrogen-bond acceptors (Lipinski definition) is 3. The monoisotopic (exact) mass is 244 g/mol. The fraction of sp³-hybridized carbons (Fsp3) is 0.0714. The normalized spacial score (nSPS) is 11.8. The van der Waals surface area contributed by atoms with Gasteiger partial charge in [0.15, 0.2) is 5.43 Å².